The quantitative estimate of drug-likeness (QED) is 0.650. The van der Waals surface area contributed by atoms with Crippen LogP contribution in [0.5, 0.6) is 0 Å². The molecule has 70 valence electrons. The third-order valence-corrected chi connectivity index (χ3v) is 1.77. The summed E-state index contributed by atoms with van der Waals surface area (Å²) in [6.45, 7) is 0. The summed E-state index contributed by atoms with van der Waals surface area (Å²) in [5, 5.41) is 4.01. The van der Waals surface area contributed by atoms with Crippen LogP contribution in [0.3, 0.4) is 0 Å². The fraction of sp³-hybridized carbons (Fsp3) is 0.111. The van der Waals surface area contributed by atoms with E-state index in [-0.39, 0.29) is 0 Å². The van der Waals surface area contributed by atoms with E-state index in [4.69, 9.17) is 0 Å². The van der Waals surface area contributed by atoms with Gasteiger partial charge in [0.25, 0.3) is 0 Å². The second-order valence-electron chi connectivity index (χ2n) is 2.85. The van der Waals surface area contributed by atoms with Gasteiger partial charge in [0, 0.05) is 18.8 Å². The Kier molecular flexibility index (Phi) is 2.06. The number of nitrogens with zero attached hydrogens (tertiary/aromatic N) is 4. The largest absolute Gasteiger partial charge is 0.296 e. The van der Waals surface area contributed by atoms with Crippen LogP contribution in [0.15, 0.2) is 24.8 Å². The molecule has 0 spiro atoms. The second-order valence-corrected chi connectivity index (χ2v) is 2.85. The summed E-state index contributed by atoms with van der Waals surface area (Å²) in [5.74, 6) is 0. The smallest absolute Gasteiger partial charge is 0.170 e. The van der Waals surface area contributed by atoms with Crippen molar-refractivity contribution in [2.45, 2.75) is 0 Å². The van der Waals surface area contributed by atoms with E-state index in [0.29, 0.717) is 17.7 Å². The van der Waals surface area contributed by atoms with Gasteiger partial charge < -0.3 is 0 Å². The Morgan fingerprint density at radius 3 is 2.86 bits per heavy atom. The average Bonchev–Trinajstić information content (AvgIpc) is 2.65. The predicted octanol–water partition coefficient (Wildman–Crippen LogP) is 0.690. The van der Waals surface area contributed by atoms with Gasteiger partial charge in [-0.2, -0.15) is 5.10 Å². The van der Waals surface area contributed by atoms with Gasteiger partial charge in [0.05, 0.1) is 24.3 Å². The van der Waals surface area contributed by atoms with Crippen LogP contribution in [0.2, 0.25) is 0 Å². The second kappa shape index (κ2) is 3.37. The van der Waals surface area contributed by atoms with Crippen molar-refractivity contribution in [3.8, 4) is 11.3 Å². The lowest BCUT2D eigenvalue weighted by Gasteiger charge is -1.95. The van der Waals surface area contributed by atoms with Crippen molar-refractivity contribution in [2.75, 3.05) is 0 Å². The van der Waals surface area contributed by atoms with E-state index in [1.54, 1.807) is 17.1 Å². The van der Waals surface area contributed by atoms with Crippen LogP contribution in [0.1, 0.15) is 10.5 Å². The standard InChI is InChI=1S/C9H8N4O/c1-13-5-7(2-11-13)9-4-10-3-8(6-14)12-9/h2-6H,1H3. The summed E-state index contributed by atoms with van der Waals surface area (Å²) < 4.78 is 1.67. The number of hydrogen-bond donors (Lipinski definition) is 0. The third kappa shape index (κ3) is 1.52. The number of rotatable bonds is 2. The molecular formula is C9H8N4O. The molecule has 0 aliphatic heterocycles. The molecule has 0 aliphatic carbocycles. The van der Waals surface area contributed by atoms with Gasteiger partial charge >= 0.3 is 0 Å². The molecular weight excluding hydrogens is 180 g/mol. The zero-order valence-electron chi connectivity index (χ0n) is 7.58. The topological polar surface area (TPSA) is 60.7 Å². The molecule has 0 radical (unpaired) electrons. The molecule has 0 saturated carbocycles. The average molecular weight is 188 g/mol. The number of carbonyl (C=O) groups excluding carboxylic acids is 1. The Hall–Kier alpha value is -2.04. The van der Waals surface area contributed by atoms with Crippen molar-refractivity contribution in [1.82, 2.24) is 19.7 Å². The monoisotopic (exact) mass is 188 g/mol. The summed E-state index contributed by atoms with van der Waals surface area (Å²) in [5.41, 5.74) is 1.83. The normalized spacial score (nSPS) is 10.1. The zero-order valence-corrected chi connectivity index (χ0v) is 7.58. The van der Waals surface area contributed by atoms with Gasteiger partial charge in [0.1, 0.15) is 5.69 Å². The van der Waals surface area contributed by atoms with Crippen LogP contribution in [0.25, 0.3) is 11.3 Å². The molecule has 0 N–H and O–H groups in total. The Morgan fingerprint density at radius 1 is 1.36 bits per heavy atom. The molecule has 0 saturated heterocycles. The van der Waals surface area contributed by atoms with E-state index in [1.807, 2.05) is 13.2 Å². The summed E-state index contributed by atoms with van der Waals surface area (Å²) >= 11 is 0. The maximum absolute atomic E-state index is 10.5. The molecule has 2 aromatic rings. The van der Waals surface area contributed by atoms with Crippen LogP contribution in [-0.2, 0) is 7.05 Å². The molecule has 0 aromatic carbocycles. The van der Waals surface area contributed by atoms with Crippen LogP contribution in [0, 0.1) is 0 Å². The fourth-order valence-electron chi connectivity index (χ4n) is 1.13. The summed E-state index contributed by atoms with van der Waals surface area (Å²) in [6.07, 6.45) is 7.20. The number of aromatic nitrogens is 4. The molecule has 0 aliphatic rings. The van der Waals surface area contributed by atoms with E-state index in [9.17, 15) is 4.79 Å². The van der Waals surface area contributed by atoms with Crippen LogP contribution in [-0.4, -0.2) is 26.0 Å². The predicted molar refractivity (Wildman–Crippen MR) is 49.6 cm³/mol. The molecule has 0 atom stereocenters. The minimum absolute atomic E-state index is 0.325. The van der Waals surface area contributed by atoms with Gasteiger partial charge in [-0.3, -0.25) is 14.5 Å². The van der Waals surface area contributed by atoms with Crippen molar-refractivity contribution < 1.29 is 4.79 Å². The van der Waals surface area contributed by atoms with Crippen molar-refractivity contribution in [3.05, 3.63) is 30.5 Å². The Balaban J connectivity index is 2.46. The first-order valence-electron chi connectivity index (χ1n) is 4.06. The lowest BCUT2D eigenvalue weighted by molar-refractivity contribution is 0.111. The van der Waals surface area contributed by atoms with Crippen LogP contribution in [0.4, 0.5) is 0 Å². The van der Waals surface area contributed by atoms with E-state index >= 15 is 0 Å². The number of carbonyl (C=O) groups is 1. The summed E-state index contributed by atoms with van der Waals surface area (Å²) in [7, 11) is 1.82. The van der Waals surface area contributed by atoms with Crippen molar-refractivity contribution in [3.63, 3.8) is 0 Å². The van der Waals surface area contributed by atoms with E-state index in [1.165, 1.54) is 6.20 Å². The van der Waals surface area contributed by atoms with Gasteiger partial charge in [0.15, 0.2) is 6.29 Å². The molecule has 2 rings (SSSR count). The maximum Gasteiger partial charge on any atom is 0.170 e. The maximum atomic E-state index is 10.5. The van der Waals surface area contributed by atoms with Gasteiger partial charge in [-0.05, 0) is 0 Å². The van der Waals surface area contributed by atoms with E-state index in [0.717, 1.165) is 5.56 Å². The molecule has 0 bridgehead atoms. The first kappa shape index (κ1) is 8.55. The lowest BCUT2D eigenvalue weighted by atomic mass is 10.2. The summed E-state index contributed by atoms with van der Waals surface area (Å²) in [6, 6.07) is 0. The highest BCUT2D eigenvalue weighted by atomic mass is 16.1. The summed E-state index contributed by atoms with van der Waals surface area (Å²) in [4.78, 5) is 18.5. The van der Waals surface area contributed by atoms with E-state index < -0.39 is 0 Å². The van der Waals surface area contributed by atoms with Gasteiger partial charge in [-0.15, -0.1) is 0 Å². The first-order chi connectivity index (χ1) is 6.79. The molecule has 0 unspecified atom stereocenters. The van der Waals surface area contributed by atoms with Crippen LogP contribution < -0.4 is 0 Å². The number of aryl methyl sites for hydroxylation is 1. The Bertz CT molecular complexity index is 463. The molecule has 0 amide bonds. The Morgan fingerprint density at radius 2 is 2.21 bits per heavy atom. The third-order valence-electron chi connectivity index (χ3n) is 1.77. The molecule has 14 heavy (non-hydrogen) atoms. The molecule has 5 nitrogen and oxygen atoms in total. The minimum Gasteiger partial charge on any atom is -0.296 e. The van der Waals surface area contributed by atoms with Crippen molar-refractivity contribution >= 4 is 6.29 Å². The van der Waals surface area contributed by atoms with Crippen molar-refractivity contribution in [2.24, 2.45) is 7.05 Å². The molecule has 5 heteroatoms. The zero-order chi connectivity index (χ0) is 9.97. The highest BCUT2D eigenvalue weighted by molar-refractivity contribution is 5.72. The van der Waals surface area contributed by atoms with Gasteiger partial charge in [0.2, 0.25) is 0 Å². The highest BCUT2D eigenvalue weighted by Gasteiger charge is 2.02. The first-order valence-corrected chi connectivity index (χ1v) is 4.06. The van der Waals surface area contributed by atoms with E-state index in [2.05, 4.69) is 15.1 Å². The number of aldehydes is 1. The minimum atomic E-state index is 0.325. The number of hydrogen-bond acceptors (Lipinski definition) is 4. The van der Waals surface area contributed by atoms with Gasteiger partial charge in [-0.1, -0.05) is 0 Å². The SMILES string of the molecule is Cn1cc(-c2cncc(C=O)n2)cn1. The lowest BCUT2D eigenvalue weighted by Crippen LogP contribution is -1.91. The van der Waals surface area contributed by atoms with Crippen LogP contribution >= 0.6 is 0 Å². The fourth-order valence-corrected chi connectivity index (χ4v) is 1.13. The molecule has 0 fully saturated rings. The highest BCUT2D eigenvalue weighted by Crippen LogP contribution is 2.13. The van der Waals surface area contributed by atoms with Gasteiger partial charge in [-0.25, -0.2) is 4.98 Å². The molecule has 2 aromatic heterocycles. The molecule has 2 heterocycles. The van der Waals surface area contributed by atoms with Crippen molar-refractivity contribution in [1.29, 1.82) is 0 Å². The Labute approximate surface area is 80.4 Å².